The smallest absolute Gasteiger partial charge is 0.126 e. The van der Waals surface area contributed by atoms with Crippen LogP contribution in [0.1, 0.15) is 25.3 Å². The van der Waals surface area contributed by atoms with E-state index in [9.17, 15) is 4.39 Å². The molecule has 0 bridgehead atoms. The normalized spacial score (nSPS) is 13.3. The van der Waals surface area contributed by atoms with Crippen molar-refractivity contribution in [1.29, 1.82) is 0 Å². The minimum atomic E-state index is -0.169. The zero-order valence-electron chi connectivity index (χ0n) is 8.43. The molecule has 1 nitrogen and oxygen atoms in total. The third kappa shape index (κ3) is 2.55. The molecule has 0 aliphatic carbocycles. The average molecular weight is 260 g/mol. The number of halogens is 2. The molecular weight excluding hydrogens is 245 g/mol. The van der Waals surface area contributed by atoms with Gasteiger partial charge in [-0.15, -0.1) is 0 Å². The lowest BCUT2D eigenvalue weighted by Gasteiger charge is -2.20. The largest absolute Gasteiger partial charge is 0.330 e. The zero-order valence-corrected chi connectivity index (χ0v) is 10.0. The lowest BCUT2D eigenvalue weighted by Crippen LogP contribution is -2.19. The lowest BCUT2D eigenvalue weighted by molar-refractivity contribution is 0.479. The molecule has 0 radical (unpaired) electrons. The molecule has 1 rings (SSSR count). The number of benzene rings is 1. The van der Waals surface area contributed by atoms with E-state index in [4.69, 9.17) is 5.73 Å². The predicted octanol–water partition coefficient (Wildman–Crippen LogP) is 3.29. The van der Waals surface area contributed by atoms with Crippen LogP contribution in [0.5, 0.6) is 0 Å². The van der Waals surface area contributed by atoms with Gasteiger partial charge in [0.15, 0.2) is 0 Å². The summed E-state index contributed by atoms with van der Waals surface area (Å²) in [5.74, 6) is 0.272. The molecule has 0 saturated heterocycles. The highest BCUT2D eigenvalue weighted by Gasteiger charge is 2.17. The quantitative estimate of drug-likeness (QED) is 0.886. The SMILES string of the molecule is CC(C)C(CN)c1cc(Br)ccc1F. The van der Waals surface area contributed by atoms with Gasteiger partial charge in [-0.3, -0.25) is 0 Å². The molecule has 0 heterocycles. The van der Waals surface area contributed by atoms with Crippen LogP contribution in [0, 0.1) is 11.7 Å². The van der Waals surface area contributed by atoms with Gasteiger partial charge in [0.05, 0.1) is 0 Å². The van der Waals surface area contributed by atoms with E-state index in [1.807, 2.05) is 6.07 Å². The van der Waals surface area contributed by atoms with Crippen LogP contribution in [0.2, 0.25) is 0 Å². The molecule has 1 aromatic rings. The van der Waals surface area contributed by atoms with Crippen LogP contribution < -0.4 is 5.73 Å². The van der Waals surface area contributed by atoms with Crippen LogP contribution in [0.3, 0.4) is 0 Å². The van der Waals surface area contributed by atoms with Gasteiger partial charge in [-0.2, -0.15) is 0 Å². The van der Waals surface area contributed by atoms with Gasteiger partial charge in [0, 0.05) is 10.4 Å². The van der Waals surface area contributed by atoms with Gasteiger partial charge in [0.25, 0.3) is 0 Å². The van der Waals surface area contributed by atoms with Crippen molar-refractivity contribution in [2.75, 3.05) is 6.54 Å². The van der Waals surface area contributed by atoms with Crippen LogP contribution in [0.4, 0.5) is 4.39 Å². The first-order chi connectivity index (χ1) is 6.56. The van der Waals surface area contributed by atoms with E-state index in [1.165, 1.54) is 6.07 Å². The van der Waals surface area contributed by atoms with E-state index in [-0.39, 0.29) is 11.7 Å². The highest BCUT2D eigenvalue weighted by molar-refractivity contribution is 9.10. The molecule has 0 aromatic heterocycles. The molecule has 0 saturated carbocycles. The van der Waals surface area contributed by atoms with E-state index in [2.05, 4.69) is 29.8 Å². The van der Waals surface area contributed by atoms with Gasteiger partial charge < -0.3 is 5.73 Å². The summed E-state index contributed by atoms with van der Waals surface area (Å²) in [6.07, 6.45) is 0. The molecule has 0 fully saturated rings. The molecule has 78 valence electrons. The first-order valence-electron chi connectivity index (χ1n) is 4.71. The molecule has 0 aliphatic rings. The first-order valence-corrected chi connectivity index (χ1v) is 5.50. The Kier molecular flexibility index (Phi) is 4.08. The Hall–Kier alpha value is -0.410. The summed E-state index contributed by atoms with van der Waals surface area (Å²) in [5.41, 5.74) is 6.35. The maximum atomic E-state index is 13.5. The summed E-state index contributed by atoms with van der Waals surface area (Å²) >= 11 is 3.34. The van der Waals surface area contributed by atoms with Crippen molar-refractivity contribution in [1.82, 2.24) is 0 Å². The summed E-state index contributed by atoms with van der Waals surface area (Å²) in [6.45, 7) is 4.58. The standard InChI is InChI=1S/C11H15BrFN/c1-7(2)10(6-14)9-5-8(12)3-4-11(9)13/h3-5,7,10H,6,14H2,1-2H3. The van der Waals surface area contributed by atoms with Crippen molar-refractivity contribution < 1.29 is 4.39 Å². The fourth-order valence-corrected chi connectivity index (χ4v) is 1.94. The van der Waals surface area contributed by atoms with Gasteiger partial charge in [-0.25, -0.2) is 4.39 Å². The van der Waals surface area contributed by atoms with Crippen molar-refractivity contribution in [3.05, 3.63) is 34.1 Å². The Bertz CT molecular complexity index is 312. The molecule has 2 N–H and O–H groups in total. The van der Waals surface area contributed by atoms with E-state index < -0.39 is 0 Å². The second kappa shape index (κ2) is 4.89. The Morgan fingerprint density at radius 1 is 1.43 bits per heavy atom. The zero-order chi connectivity index (χ0) is 10.7. The van der Waals surface area contributed by atoms with Crippen molar-refractivity contribution in [2.45, 2.75) is 19.8 Å². The Labute approximate surface area is 92.6 Å². The third-order valence-electron chi connectivity index (χ3n) is 2.42. The van der Waals surface area contributed by atoms with Crippen LogP contribution in [0.15, 0.2) is 22.7 Å². The topological polar surface area (TPSA) is 26.0 Å². The Morgan fingerprint density at radius 2 is 2.07 bits per heavy atom. The highest BCUT2D eigenvalue weighted by Crippen LogP contribution is 2.27. The van der Waals surface area contributed by atoms with Gasteiger partial charge in [0.2, 0.25) is 0 Å². The summed E-state index contributed by atoms with van der Waals surface area (Å²) in [5, 5.41) is 0. The van der Waals surface area contributed by atoms with E-state index in [0.717, 1.165) is 4.47 Å². The summed E-state index contributed by atoms with van der Waals surface area (Å²) < 4.78 is 14.4. The monoisotopic (exact) mass is 259 g/mol. The molecule has 1 unspecified atom stereocenters. The van der Waals surface area contributed by atoms with Gasteiger partial charge in [0.1, 0.15) is 5.82 Å². The lowest BCUT2D eigenvalue weighted by atomic mass is 9.88. The summed E-state index contributed by atoms with van der Waals surface area (Å²) in [4.78, 5) is 0. The first kappa shape index (κ1) is 11.7. The second-order valence-electron chi connectivity index (χ2n) is 3.75. The number of hydrogen-bond acceptors (Lipinski definition) is 1. The highest BCUT2D eigenvalue weighted by atomic mass is 79.9. The fourth-order valence-electron chi connectivity index (χ4n) is 1.56. The van der Waals surface area contributed by atoms with E-state index in [1.54, 1.807) is 6.07 Å². The van der Waals surface area contributed by atoms with Gasteiger partial charge in [-0.1, -0.05) is 29.8 Å². The minimum Gasteiger partial charge on any atom is -0.330 e. The number of rotatable bonds is 3. The van der Waals surface area contributed by atoms with Crippen LogP contribution in [0.25, 0.3) is 0 Å². The fraction of sp³-hybridized carbons (Fsp3) is 0.455. The van der Waals surface area contributed by atoms with E-state index >= 15 is 0 Å². The molecule has 0 spiro atoms. The Morgan fingerprint density at radius 3 is 2.57 bits per heavy atom. The molecular formula is C11H15BrFN. The van der Waals surface area contributed by atoms with Crippen LogP contribution in [-0.4, -0.2) is 6.54 Å². The van der Waals surface area contributed by atoms with Gasteiger partial charge >= 0.3 is 0 Å². The second-order valence-corrected chi connectivity index (χ2v) is 4.67. The maximum Gasteiger partial charge on any atom is 0.126 e. The number of nitrogens with two attached hydrogens (primary N) is 1. The van der Waals surface area contributed by atoms with Crippen molar-refractivity contribution in [3.8, 4) is 0 Å². The molecule has 1 aromatic carbocycles. The summed E-state index contributed by atoms with van der Waals surface area (Å²) in [6, 6.07) is 4.99. The third-order valence-corrected chi connectivity index (χ3v) is 2.91. The predicted molar refractivity (Wildman–Crippen MR) is 60.7 cm³/mol. The molecule has 0 aliphatic heterocycles. The molecule has 1 atom stereocenters. The molecule has 3 heteroatoms. The van der Waals surface area contributed by atoms with Crippen LogP contribution >= 0.6 is 15.9 Å². The van der Waals surface area contributed by atoms with Crippen molar-refractivity contribution in [3.63, 3.8) is 0 Å². The average Bonchev–Trinajstić information content (AvgIpc) is 2.11. The number of hydrogen-bond donors (Lipinski definition) is 1. The minimum absolute atomic E-state index is 0.0903. The molecule has 14 heavy (non-hydrogen) atoms. The Balaban J connectivity index is 3.08. The van der Waals surface area contributed by atoms with Crippen molar-refractivity contribution >= 4 is 15.9 Å². The maximum absolute atomic E-state index is 13.5. The van der Waals surface area contributed by atoms with Crippen LogP contribution in [-0.2, 0) is 0 Å². The van der Waals surface area contributed by atoms with E-state index in [0.29, 0.717) is 18.0 Å². The van der Waals surface area contributed by atoms with Gasteiger partial charge in [-0.05, 0) is 36.2 Å². The molecule has 0 amide bonds. The summed E-state index contributed by atoms with van der Waals surface area (Å²) in [7, 11) is 0. The van der Waals surface area contributed by atoms with Crippen molar-refractivity contribution in [2.24, 2.45) is 11.7 Å².